The summed E-state index contributed by atoms with van der Waals surface area (Å²) in [5.41, 5.74) is 2.33. The second-order valence-corrected chi connectivity index (χ2v) is 9.35. The number of nitrogens with zero attached hydrogens (tertiary/aromatic N) is 1. The number of carbonyl (C=O) groups is 2. The van der Waals surface area contributed by atoms with Crippen LogP contribution < -0.4 is 10.6 Å². The van der Waals surface area contributed by atoms with Crippen molar-refractivity contribution in [2.24, 2.45) is 17.8 Å². The molecule has 2 N–H and O–H groups in total. The van der Waals surface area contributed by atoms with Gasteiger partial charge in [0, 0.05) is 26.2 Å². The van der Waals surface area contributed by atoms with Crippen LogP contribution in [-0.4, -0.2) is 35.8 Å². The SMILES string of the molecule is CC1CC(C)CN(Cc2ccc(CNC(=O)C(NC(=O)c3ccco3)C(C)C)cc2)C1. The molecule has 3 unspecified atom stereocenters. The van der Waals surface area contributed by atoms with Gasteiger partial charge in [-0.05, 0) is 47.4 Å². The molecular formula is C25H35N3O3. The van der Waals surface area contributed by atoms with Gasteiger partial charge in [-0.3, -0.25) is 14.5 Å². The highest BCUT2D eigenvalue weighted by molar-refractivity contribution is 5.95. The number of likely N-dealkylation sites (tertiary alicyclic amines) is 1. The van der Waals surface area contributed by atoms with E-state index < -0.39 is 6.04 Å². The fourth-order valence-electron chi connectivity index (χ4n) is 4.40. The van der Waals surface area contributed by atoms with Crippen molar-refractivity contribution in [3.05, 3.63) is 59.5 Å². The number of hydrogen-bond donors (Lipinski definition) is 2. The lowest BCUT2D eigenvalue weighted by Gasteiger charge is -2.35. The molecule has 3 rings (SSSR count). The zero-order chi connectivity index (χ0) is 22.4. The van der Waals surface area contributed by atoms with Gasteiger partial charge in [-0.2, -0.15) is 0 Å². The van der Waals surface area contributed by atoms with Crippen molar-refractivity contribution < 1.29 is 14.0 Å². The van der Waals surface area contributed by atoms with Crippen molar-refractivity contribution in [2.45, 2.75) is 53.2 Å². The maximum atomic E-state index is 12.7. The van der Waals surface area contributed by atoms with E-state index in [9.17, 15) is 9.59 Å². The van der Waals surface area contributed by atoms with Crippen molar-refractivity contribution in [3.63, 3.8) is 0 Å². The normalized spacial score (nSPS) is 20.4. The third-order valence-corrected chi connectivity index (χ3v) is 5.82. The molecule has 0 radical (unpaired) electrons. The molecule has 0 bridgehead atoms. The lowest BCUT2D eigenvalue weighted by molar-refractivity contribution is -0.124. The summed E-state index contributed by atoms with van der Waals surface area (Å²) < 4.78 is 5.12. The van der Waals surface area contributed by atoms with Crippen molar-refractivity contribution in [1.29, 1.82) is 0 Å². The number of furan rings is 1. The number of nitrogens with one attached hydrogen (secondary N) is 2. The fraction of sp³-hybridized carbons (Fsp3) is 0.520. The molecule has 1 aliphatic heterocycles. The van der Waals surface area contributed by atoms with Crippen LogP contribution in [0.4, 0.5) is 0 Å². The van der Waals surface area contributed by atoms with Gasteiger partial charge in [0.15, 0.2) is 5.76 Å². The summed E-state index contributed by atoms with van der Waals surface area (Å²) in [4.78, 5) is 27.5. The van der Waals surface area contributed by atoms with E-state index in [1.54, 1.807) is 12.1 Å². The Balaban J connectivity index is 1.51. The van der Waals surface area contributed by atoms with E-state index in [0.29, 0.717) is 6.54 Å². The average molecular weight is 426 g/mol. The van der Waals surface area contributed by atoms with Crippen LogP contribution in [0, 0.1) is 17.8 Å². The molecule has 2 amide bonds. The van der Waals surface area contributed by atoms with Gasteiger partial charge in [0.05, 0.1) is 6.26 Å². The van der Waals surface area contributed by atoms with E-state index >= 15 is 0 Å². The molecule has 1 fully saturated rings. The highest BCUT2D eigenvalue weighted by Gasteiger charge is 2.25. The first-order valence-corrected chi connectivity index (χ1v) is 11.2. The third-order valence-electron chi connectivity index (χ3n) is 5.82. The average Bonchev–Trinajstić information content (AvgIpc) is 3.25. The van der Waals surface area contributed by atoms with Gasteiger partial charge >= 0.3 is 0 Å². The van der Waals surface area contributed by atoms with Crippen LogP contribution >= 0.6 is 0 Å². The molecule has 6 heteroatoms. The number of piperidine rings is 1. The van der Waals surface area contributed by atoms with Gasteiger partial charge in [0.2, 0.25) is 5.91 Å². The van der Waals surface area contributed by atoms with Gasteiger partial charge in [0.25, 0.3) is 5.91 Å². The zero-order valence-corrected chi connectivity index (χ0v) is 19.1. The third kappa shape index (κ3) is 6.69. The maximum absolute atomic E-state index is 12.7. The molecule has 0 spiro atoms. The largest absolute Gasteiger partial charge is 0.459 e. The highest BCUT2D eigenvalue weighted by Crippen LogP contribution is 2.22. The first-order chi connectivity index (χ1) is 14.8. The molecule has 1 aromatic carbocycles. The molecule has 1 saturated heterocycles. The molecule has 1 aliphatic rings. The maximum Gasteiger partial charge on any atom is 0.287 e. The Kier molecular flexibility index (Phi) is 7.91. The Bertz CT molecular complexity index is 835. The summed E-state index contributed by atoms with van der Waals surface area (Å²) in [5.74, 6) is 1.07. The summed E-state index contributed by atoms with van der Waals surface area (Å²) in [6.45, 7) is 12.2. The van der Waals surface area contributed by atoms with E-state index in [1.807, 2.05) is 13.8 Å². The Labute approximate surface area is 185 Å². The summed E-state index contributed by atoms with van der Waals surface area (Å²) in [6.07, 6.45) is 2.75. The van der Waals surface area contributed by atoms with Crippen LogP contribution in [-0.2, 0) is 17.9 Å². The number of rotatable bonds is 8. The predicted octanol–water partition coefficient (Wildman–Crippen LogP) is 3.83. The summed E-state index contributed by atoms with van der Waals surface area (Å²) >= 11 is 0. The molecule has 0 saturated carbocycles. The molecule has 2 heterocycles. The molecule has 31 heavy (non-hydrogen) atoms. The summed E-state index contributed by atoms with van der Waals surface area (Å²) in [7, 11) is 0. The second kappa shape index (κ2) is 10.6. The van der Waals surface area contributed by atoms with E-state index in [-0.39, 0.29) is 23.5 Å². The van der Waals surface area contributed by atoms with Gasteiger partial charge in [-0.25, -0.2) is 0 Å². The van der Waals surface area contributed by atoms with Gasteiger partial charge in [0.1, 0.15) is 6.04 Å². The monoisotopic (exact) mass is 425 g/mol. The number of amides is 2. The minimum Gasteiger partial charge on any atom is -0.459 e. The molecule has 6 nitrogen and oxygen atoms in total. The van der Waals surface area contributed by atoms with E-state index in [0.717, 1.165) is 37.0 Å². The Morgan fingerprint density at radius 3 is 2.29 bits per heavy atom. The highest BCUT2D eigenvalue weighted by atomic mass is 16.3. The van der Waals surface area contributed by atoms with E-state index in [4.69, 9.17) is 4.42 Å². The first-order valence-electron chi connectivity index (χ1n) is 11.2. The standard InChI is InChI=1S/C25H35N3O3/c1-17(2)23(27-24(29)22-6-5-11-31-22)25(30)26-13-20-7-9-21(10-8-20)16-28-14-18(3)12-19(4)15-28/h5-11,17-19,23H,12-16H2,1-4H3,(H,26,30)(H,27,29). The van der Waals surface area contributed by atoms with Crippen molar-refractivity contribution in [1.82, 2.24) is 15.5 Å². The number of hydrogen-bond acceptors (Lipinski definition) is 4. The molecule has 3 atom stereocenters. The van der Waals surface area contributed by atoms with Crippen LogP contribution in [0.3, 0.4) is 0 Å². The Morgan fingerprint density at radius 2 is 1.71 bits per heavy atom. The topological polar surface area (TPSA) is 74.6 Å². The van der Waals surface area contributed by atoms with Crippen LogP contribution in [0.2, 0.25) is 0 Å². The van der Waals surface area contributed by atoms with Crippen LogP contribution in [0.15, 0.2) is 47.1 Å². The Morgan fingerprint density at radius 1 is 1.06 bits per heavy atom. The van der Waals surface area contributed by atoms with Crippen LogP contribution in [0.1, 0.15) is 55.8 Å². The van der Waals surface area contributed by atoms with Crippen LogP contribution in [0.5, 0.6) is 0 Å². The smallest absolute Gasteiger partial charge is 0.287 e. The Hall–Kier alpha value is -2.60. The zero-order valence-electron chi connectivity index (χ0n) is 19.1. The molecule has 168 valence electrons. The second-order valence-electron chi connectivity index (χ2n) is 9.35. The lowest BCUT2D eigenvalue weighted by Crippen LogP contribution is -2.49. The molecule has 1 aromatic heterocycles. The first kappa shape index (κ1) is 23.1. The minimum atomic E-state index is -0.625. The van der Waals surface area contributed by atoms with Crippen LogP contribution in [0.25, 0.3) is 0 Å². The molecule has 2 aromatic rings. The summed E-state index contributed by atoms with van der Waals surface area (Å²) in [5, 5.41) is 5.72. The molecular weight excluding hydrogens is 390 g/mol. The van der Waals surface area contributed by atoms with Gasteiger partial charge in [-0.1, -0.05) is 52.0 Å². The van der Waals surface area contributed by atoms with Crippen molar-refractivity contribution in [2.75, 3.05) is 13.1 Å². The van der Waals surface area contributed by atoms with Crippen molar-refractivity contribution in [3.8, 4) is 0 Å². The fourth-order valence-corrected chi connectivity index (χ4v) is 4.40. The van der Waals surface area contributed by atoms with E-state index in [1.165, 1.54) is 18.2 Å². The van der Waals surface area contributed by atoms with Crippen molar-refractivity contribution >= 4 is 11.8 Å². The number of carbonyl (C=O) groups excluding carboxylic acids is 2. The molecule has 0 aliphatic carbocycles. The minimum absolute atomic E-state index is 0.0457. The lowest BCUT2D eigenvalue weighted by atomic mass is 9.91. The summed E-state index contributed by atoms with van der Waals surface area (Å²) in [6, 6.07) is 11.0. The van der Waals surface area contributed by atoms with Gasteiger partial charge < -0.3 is 15.1 Å². The van der Waals surface area contributed by atoms with Gasteiger partial charge in [-0.15, -0.1) is 0 Å². The number of benzene rings is 1. The predicted molar refractivity (Wildman–Crippen MR) is 121 cm³/mol. The van der Waals surface area contributed by atoms with E-state index in [2.05, 4.69) is 53.6 Å². The quantitative estimate of drug-likeness (QED) is 0.674.